The second-order valence-corrected chi connectivity index (χ2v) is 4.04. The van der Waals surface area contributed by atoms with Gasteiger partial charge < -0.3 is 10.5 Å². The number of aromatic nitrogens is 2. The average molecular weight is 243 g/mol. The Labute approximate surface area is 107 Å². The fourth-order valence-electron chi connectivity index (χ4n) is 1.63. The fourth-order valence-corrected chi connectivity index (χ4v) is 1.63. The molecule has 0 fully saturated rings. The molecule has 0 bridgehead atoms. The SMILES string of the molecule is Nc1ccnc(CCCOCc2ccccc2)n1. The summed E-state index contributed by atoms with van der Waals surface area (Å²) in [5.74, 6) is 1.29. The van der Waals surface area contributed by atoms with Gasteiger partial charge in [-0.05, 0) is 18.1 Å². The molecule has 0 unspecified atom stereocenters. The molecule has 0 saturated carbocycles. The number of hydrogen-bond acceptors (Lipinski definition) is 4. The smallest absolute Gasteiger partial charge is 0.130 e. The van der Waals surface area contributed by atoms with Crippen molar-refractivity contribution in [2.75, 3.05) is 12.3 Å². The second kappa shape index (κ2) is 6.71. The topological polar surface area (TPSA) is 61.0 Å². The van der Waals surface area contributed by atoms with Crippen molar-refractivity contribution < 1.29 is 4.74 Å². The van der Waals surface area contributed by atoms with Gasteiger partial charge in [-0.1, -0.05) is 30.3 Å². The van der Waals surface area contributed by atoms with Gasteiger partial charge in [0.1, 0.15) is 11.6 Å². The highest BCUT2D eigenvalue weighted by Crippen LogP contribution is 2.03. The first-order chi connectivity index (χ1) is 8.84. The molecule has 94 valence electrons. The molecule has 0 spiro atoms. The van der Waals surface area contributed by atoms with Crippen molar-refractivity contribution >= 4 is 5.82 Å². The third-order valence-corrected chi connectivity index (χ3v) is 2.53. The number of rotatable bonds is 6. The summed E-state index contributed by atoms with van der Waals surface area (Å²) >= 11 is 0. The third-order valence-electron chi connectivity index (χ3n) is 2.53. The normalized spacial score (nSPS) is 10.4. The Morgan fingerprint density at radius 1 is 1.11 bits per heavy atom. The minimum absolute atomic E-state index is 0.519. The number of benzene rings is 1. The van der Waals surface area contributed by atoms with E-state index < -0.39 is 0 Å². The predicted molar refractivity (Wildman–Crippen MR) is 70.9 cm³/mol. The van der Waals surface area contributed by atoms with Gasteiger partial charge in [0.05, 0.1) is 6.61 Å². The zero-order valence-electron chi connectivity index (χ0n) is 10.2. The van der Waals surface area contributed by atoms with E-state index in [1.54, 1.807) is 12.3 Å². The highest BCUT2D eigenvalue weighted by Gasteiger charge is 1.97. The number of nitrogens with two attached hydrogens (primary N) is 1. The Bertz CT molecular complexity index is 473. The van der Waals surface area contributed by atoms with Crippen molar-refractivity contribution in [1.29, 1.82) is 0 Å². The van der Waals surface area contributed by atoms with Crippen LogP contribution in [0.25, 0.3) is 0 Å². The van der Waals surface area contributed by atoms with E-state index in [1.165, 1.54) is 5.56 Å². The molecule has 0 saturated heterocycles. The van der Waals surface area contributed by atoms with E-state index in [4.69, 9.17) is 10.5 Å². The van der Waals surface area contributed by atoms with Crippen LogP contribution in [0.1, 0.15) is 17.8 Å². The van der Waals surface area contributed by atoms with E-state index in [0.29, 0.717) is 19.0 Å². The van der Waals surface area contributed by atoms with Crippen molar-refractivity contribution in [3.8, 4) is 0 Å². The van der Waals surface area contributed by atoms with Gasteiger partial charge >= 0.3 is 0 Å². The molecule has 0 aliphatic rings. The molecule has 2 aromatic rings. The van der Waals surface area contributed by atoms with E-state index in [-0.39, 0.29) is 0 Å². The molecule has 4 nitrogen and oxygen atoms in total. The maximum Gasteiger partial charge on any atom is 0.130 e. The van der Waals surface area contributed by atoms with Crippen molar-refractivity contribution in [3.63, 3.8) is 0 Å². The van der Waals surface area contributed by atoms with Crippen LogP contribution < -0.4 is 5.73 Å². The van der Waals surface area contributed by atoms with Crippen molar-refractivity contribution in [2.45, 2.75) is 19.4 Å². The Kier molecular flexibility index (Phi) is 4.67. The molecular formula is C14H17N3O. The van der Waals surface area contributed by atoms with Crippen LogP contribution in [-0.2, 0) is 17.8 Å². The van der Waals surface area contributed by atoms with Crippen LogP contribution in [0.4, 0.5) is 5.82 Å². The predicted octanol–water partition coefficient (Wildman–Crippen LogP) is 2.21. The maximum atomic E-state index is 5.58. The van der Waals surface area contributed by atoms with Crippen LogP contribution >= 0.6 is 0 Å². The summed E-state index contributed by atoms with van der Waals surface area (Å²) in [5.41, 5.74) is 6.77. The number of nitrogen functional groups attached to an aromatic ring is 1. The molecule has 0 radical (unpaired) electrons. The Morgan fingerprint density at radius 2 is 1.94 bits per heavy atom. The average Bonchev–Trinajstić information content (AvgIpc) is 2.40. The Morgan fingerprint density at radius 3 is 2.72 bits per heavy atom. The van der Waals surface area contributed by atoms with Crippen LogP contribution in [0.2, 0.25) is 0 Å². The Hall–Kier alpha value is -1.94. The molecule has 1 heterocycles. The lowest BCUT2D eigenvalue weighted by atomic mass is 10.2. The largest absolute Gasteiger partial charge is 0.384 e. The van der Waals surface area contributed by atoms with E-state index in [9.17, 15) is 0 Å². The summed E-state index contributed by atoms with van der Waals surface area (Å²) in [6.45, 7) is 1.35. The van der Waals surface area contributed by atoms with Gasteiger partial charge in [0.15, 0.2) is 0 Å². The first kappa shape index (κ1) is 12.5. The molecule has 0 aliphatic heterocycles. The molecule has 4 heteroatoms. The van der Waals surface area contributed by atoms with E-state index >= 15 is 0 Å². The van der Waals surface area contributed by atoms with Crippen LogP contribution in [0, 0.1) is 0 Å². The van der Waals surface area contributed by atoms with E-state index in [2.05, 4.69) is 22.1 Å². The summed E-state index contributed by atoms with van der Waals surface area (Å²) in [5, 5.41) is 0. The van der Waals surface area contributed by atoms with Crippen LogP contribution in [0.15, 0.2) is 42.6 Å². The molecule has 2 N–H and O–H groups in total. The minimum Gasteiger partial charge on any atom is -0.384 e. The molecule has 0 amide bonds. The quantitative estimate of drug-likeness (QED) is 0.790. The van der Waals surface area contributed by atoms with Crippen LogP contribution in [0.5, 0.6) is 0 Å². The molecular weight excluding hydrogens is 226 g/mol. The van der Waals surface area contributed by atoms with Gasteiger partial charge in [0.2, 0.25) is 0 Å². The van der Waals surface area contributed by atoms with Gasteiger partial charge in [-0.15, -0.1) is 0 Å². The monoisotopic (exact) mass is 243 g/mol. The molecule has 1 aromatic heterocycles. The number of anilines is 1. The molecule has 0 aliphatic carbocycles. The second-order valence-electron chi connectivity index (χ2n) is 4.04. The number of hydrogen-bond donors (Lipinski definition) is 1. The fraction of sp³-hybridized carbons (Fsp3) is 0.286. The highest BCUT2D eigenvalue weighted by molar-refractivity contribution is 5.24. The number of ether oxygens (including phenoxy) is 1. The number of aryl methyl sites for hydroxylation is 1. The zero-order chi connectivity index (χ0) is 12.6. The van der Waals surface area contributed by atoms with E-state index in [1.807, 2.05) is 18.2 Å². The summed E-state index contributed by atoms with van der Waals surface area (Å²) in [4.78, 5) is 8.29. The first-order valence-electron chi connectivity index (χ1n) is 6.03. The van der Waals surface area contributed by atoms with Gasteiger partial charge in [-0.25, -0.2) is 9.97 Å². The van der Waals surface area contributed by atoms with Crippen molar-refractivity contribution in [2.24, 2.45) is 0 Å². The highest BCUT2D eigenvalue weighted by atomic mass is 16.5. The third kappa shape index (κ3) is 4.14. The van der Waals surface area contributed by atoms with Gasteiger partial charge in [0, 0.05) is 19.2 Å². The lowest BCUT2D eigenvalue weighted by molar-refractivity contribution is 0.118. The van der Waals surface area contributed by atoms with Gasteiger partial charge in [0.25, 0.3) is 0 Å². The molecule has 1 aromatic carbocycles. The lowest BCUT2D eigenvalue weighted by Crippen LogP contribution is -2.02. The molecule has 2 rings (SSSR count). The summed E-state index contributed by atoms with van der Waals surface area (Å²) in [6, 6.07) is 11.8. The van der Waals surface area contributed by atoms with Crippen molar-refractivity contribution in [3.05, 3.63) is 54.0 Å². The lowest BCUT2D eigenvalue weighted by Gasteiger charge is -2.04. The first-order valence-corrected chi connectivity index (χ1v) is 6.03. The van der Waals surface area contributed by atoms with E-state index in [0.717, 1.165) is 18.7 Å². The van der Waals surface area contributed by atoms with Crippen molar-refractivity contribution in [1.82, 2.24) is 9.97 Å². The maximum absolute atomic E-state index is 5.58. The number of nitrogens with zero attached hydrogens (tertiary/aromatic N) is 2. The summed E-state index contributed by atoms with van der Waals surface area (Å²) in [7, 11) is 0. The Balaban J connectivity index is 1.65. The van der Waals surface area contributed by atoms with Gasteiger partial charge in [-0.2, -0.15) is 0 Å². The molecule has 0 atom stereocenters. The van der Waals surface area contributed by atoms with Gasteiger partial charge in [-0.3, -0.25) is 0 Å². The summed E-state index contributed by atoms with van der Waals surface area (Å²) in [6.07, 6.45) is 3.37. The summed E-state index contributed by atoms with van der Waals surface area (Å²) < 4.78 is 5.58. The minimum atomic E-state index is 0.519. The molecule has 18 heavy (non-hydrogen) atoms. The van der Waals surface area contributed by atoms with Crippen LogP contribution in [-0.4, -0.2) is 16.6 Å². The zero-order valence-corrected chi connectivity index (χ0v) is 10.2. The standard InChI is InChI=1S/C14H17N3O/c15-13-8-9-16-14(17-13)7-4-10-18-11-12-5-2-1-3-6-12/h1-3,5-6,8-9H,4,7,10-11H2,(H2,15,16,17). The van der Waals surface area contributed by atoms with Crippen LogP contribution in [0.3, 0.4) is 0 Å².